The molecule has 0 unspecified atom stereocenters. The van der Waals surface area contributed by atoms with Crippen LogP contribution in [0.1, 0.15) is 17.5 Å². The number of benzene rings is 2. The van der Waals surface area contributed by atoms with Gasteiger partial charge in [0.15, 0.2) is 0 Å². The third kappa shape index (κ3) is 5.06. The highest BCUT2D eigenvalue weighted by atomic mass is 32.2. The van der Waals surface area contributed by atoms with Crippen molar-refractivity contribution >= 4 is 21.6 Å². The monoisotopic (exact) mass is 390 g/mol. The Labute approximate surface area is 158 Å². The molecule has 2 aromatic carbocycles. The van der Waals surface area contributed by atoms with Gasteiger partial charge < -0.3 is 14.8 Å². The molecule has 0 saturated heterocycles. The second-order valence-corrected chi connectivity index (χ2v) is 7.94. The molecule has 1 aliphatic rings. The molecule has 0 aromatic heterocycles. The number of anilines is 1. The predicted molar refractivity (Wildman–Crippen MR) is 101 cm³/mol. The quantitative estimate of drug-likeness (QED) is 0.673. The Bertz CT molecular complexity index is 910. The summed E-state index contributed by atoms with van der Waals surface area (Å²) in [6.45, 7) is 1.14. The van der Waals surface area contributed by atoms with Gasteiger partial charge in [0.25, 0.3) is 0 Å². The number of carbonyl (C=O) groups excluding carboxylic acids is 1. The molecule has 0 bridgehead atoms. The van der Waals surface area contributed by atoms with E-state index in [-0.39, 0.29) is 17.3 Å². The van der Waals surface area contributed by atoms with Gasteiger partial charge in [-0.3, -0.25) is 4.79 Å². The molecule has 1 amide bonds. The van der Waals surface area contributed by atoms with Crippen LogP contribution in [0.2, 0.25) is 0 Å². The average Bonchev–Trinajstić information content (AvgIpc) is 2.67. The maximum absolute atomic E-state index is 12.6. The van der Waals surface area contributed by atoms with Crippen molar-refractivity contribution in [1.29, 1.82) is 0 Å². The summed E-state index contributed by atoms with van der Waals surface area (Å²) in [5.74, 6) is 0.654. The summed E-state index contributed by atoms with van der Waals surface area (Å²) in [4.78, 5) is 11.6. The number of rotatable bonds is 8. The van der Waals surface area contributed by atoms with Crippen molar-refractivity contribution in [2.24, 2.45) is 0 Å². The first-order valence-electron chi connectivity index (χ1n) is 8.61. The molecule has 27 heavy (non-hydrogen) atoms. The second-order valence-electron chi connectivity index (χ2n) is 6.18. The van der Waals surface area contributed by atoms with E-state index in [1.165, 1.54) is 6.07 Å². The van der Waals surface area contributed by atoms with Gasteiger partial charge in [0.1, 0.15) is 12.4 Å². The summed E-state index contributed by atoms with van der Waals surface area (Å²) in [6, 6.07) is 12.0. The Balaban J connectivity index is 1.62. The molecular formula is C19H22N2O5S. The minimum atomic E-state index is -3.64. The predicted octanol–water partition coefficient (Wildman–Crippen LogP) is 2.08. The molecule has 1 aliphatic heterocycles. The smallest absolute Gasteiger partial charge is 0.240 e. The van der Waals surface area contributed by atoms with Crippen molar-refractivity contribution in [3.63, 3.8) is 0 Å². The van der Waals surface area contributed by atoms with E-state index in [9.17, 15) is 13.2 Å². The molecule has 1 heterocycles. The van der Waals surface area contributed by atoms with E-state index in [1.54, 1.807) is 31.4 Å². The molecule has 0 atom stereocenters. The lowest BCUT2D eigenvalue weighted by Crippen LogP contribution is -2.24. The molecule has 0 aliphatic carbocycles. The summed E-state index contributed by atoms with van der Waals surface area (Å²) in [5, 5.41) is 2.75. The highest BCUT2D eigenvalue weighted by Gasteiger charge is 2.19. The van der Waals surface area contributed by atoms with Crippen molar-refractivity contribution in [2.75, 3.05) is 25.6 Å². The lowest BCUT2D eigenvalue weighted by molar-refractivity contribution is -0.116. The van der Waals surface area contributed by atoms with E-state index in [0.717, 1.165) is 11.1 Å². The first-order valence-corrected chi connectivity index (χ1v) is 10.1. The standard InChI is InChI=1S/C19H22N2O5S/c1-25-10-11-26-16-5-2-14(3-6-16)13-20-27(23,24)17-7-8-18-15(12-17)4-9-19(22)21-18/h2-3,5-8,12,20H,4,9-11,13H2,1H3,(H,21,22). The number of amides is 1. The van der Waals surface area contributed by atoms with Gasteiger partial charge in [-0.05, 0) is 47.9 Å². The Morgan fingerprint density at radius 1 is 1.07 bits per heavy atom. The van der Waals surface area contributed by atoms with E-state index in [0.29, 0.717) is 37.5 Å². The van der Waals surface area contributed by atoms with Gasteiger partial charge in [0.2, 0.25) is 15.9 Å². The van der Waals surface area contributed by atoms with Crippen molar-refractivity contribution in [3.8, 4) is 5.75 Å². The van der Waals surface area contributed by atoms with Gasteiger partial charge >= 0.3 is 0 Å². The van der Waals surface area contributed by atoms with Crippen molar-refractivity contribution in [1.82, 2.24) is 4.72 Å². The number of ether oxygens (including phenoxy) is 2. The van der Waals surface area contributed by atoms with E-state index < -0.39 is 10.0 Å². The molecule has 144 valence electrons. The zero-order valence-corrected chi connectivity index (χ0v) is 15.8. The number of carbonyl (C=O) groups is 1. The number of hydrogen-bond donors (Lipinski definition) is 2. The van der Waals surface area contributed by atoms with Gasteiger partial charge in [-0.2, -0.15) is 0 Å². The van der Waals surface area contributed by atoms with Gasteiger partial charge in [0.05, 0.1) is 11.5 Å². The minimum Gasteiger partial charge on any atom is -0.491 e. The van der Waals surface area contributed by atoms with Crippen LogP contribution in [0, 0.1) is 0 Å². The number of fused-ring (bicyclic) bond motifs is 1. The van der Waals surface area contributed by atoms with Crippen molar-refractivity contribution in [2.45, 2.75) is 24.3 Å². The fourth-order valence-electron chi connectivity index (χ4n) is 2.73. The highest BCUT2D eigenvalue weighted by molar-refractivity contribution is 7.89. The molecule has 7 nitrogen and oxygen atoms in total. The Kier molecular flexibility index (Phi) is 6.10. The minimum absolute atomic E-state index is 0.0501. The maximum atomic E-state index is 12.6. The molecule has 0 fully saturated rings. The van der Waals surface area contributed by atoms with Crippen LogP contribution in [0.4, 0.5) is 5.69 Å². The highest BCUT2D eigenvalue weighted by Crippen LogP contribution is 2.25. The summed E-state index contributed by atoms with van der Waals surface area (Å²) >= 11 is 0. The van der Waals surface area contributed by atoms with Crippen LogP contribution >= 0.6 is 0 Å². The van der Waals surface area contributed by atoms with Crippen LogP contribution in [0.3, 0.4) is 0 Å². The number of aryl methyl sites for hydroxylation is 1. The molecule has 3 rings (SSSR count). The van der Waals surface area contributed by atoms with Gasteiger partial charge in [-0.1, -0.05) is 12.1 Å². The van der Waals surface area contributed by atoms with Gasteiger partial charge in [0, 0.05) is 25.8 Å². The fraction of sp³-hybridized carbons (Fsp3) is 0.316. The molecular weight excluding hydrogens is 368 g/mol. The van der Waals surface area contributed by atoms with Crippen LogP contribution in [-0.2, 0) is 32.5 Å². The van der Waals surface area contributed by atoms with Gasteiger partial charge in [-0.25, -0.2) is 13.1 Å². The molecule has 8 heteroatoms. The summed E-state index contributed by atoms with van der Waals surface area (Å²) in [5.41, 5.74) is 2.33. The van der Waals surface area contributed by atoms with Crippen LogP contribution in [-0.4, -0.2) is 34.6 Å². The van der Waals surface area contributed by atoms with Crippen molar-refractivity contribution < 1.29 is 22.7 Å². The maximum Gasteiger partial charge on any atom is 0.240 e. The lowest BCUT2D eigenvalue weighted by atomic mass is 10.0. The molecule has 0 spiro atoms. The van der Waals surface area contributed by atoms with E-state index >= 15 is 0 Å². The third-order valence-electron chi connectivity index (χ3n) is 4.23. The van der Waals surface area contributed by atoms with Crippen LogP contribution in [0.5, 0.6) is 5.75 Å². The summed E-state index contributed by atoms with van der Waals surface area (Å²) in [6.07, 6.45) is 0.901. The largest absolute Gasteiger partial charge is 0.491 e. The van der Waals surface area contributed by atoms with Gasteiger partial charge in [-0.15, -0.1) is 0 Å². The third-order valence-corrected chi connectivity index (χ3v) is 5.63. The zero-order chi connectivity index (χ0) is 19.3. The van der Waals surface area contributed by atoms with Crippen LogP contribution in [0.15, 0.2) is 47.4 Å². The van der Waals surface area contributed by atoms with E-state index in [1.807, 2.05) is 12.1 Å². The lowest BCUT2D eigenvalue weighted by Gasteiger charge is -2.17. The van der Waals surface area contributed by atoms with Crippen LogP contribution in [0.25, 0.3) is 0 Å². The Morgan fingerprint density at radius 2 is 1.85 bits per heavy atom. The summed E-state index contributed by atoms with van der Waals surface area (Å²) in [7, 11) is -2.04. The normalized spacial score (nSPS) is 13.7. The molecule has 0 saturated carbocycles. The molecule has 2 N–H and O–H groups in total. The first-order chi connectivity index (χ1) is 13.0. The number of nitrogens with one attached hydrogen (secondary N) is 2. The topological polar surface area (TPSA) is 93.7 Å². The van der Waals surface area contributed by atoms with Crippen LogP contribution < -0.4 is 14.8 Å². The number of hydrogen-bond acceptors (Lipinski definition) is 5. The van der Waals surface area contributed by atoms with E-state index in [2.05, 4.69) is 10.0 Å². The number of methoxy groups -OCH3 is 1. The second kappa shape index (κ2) is 8.51. The van der Waals surface area contributed by atoms with Crippen molar-refractivity contribution in [3.05, 3.63) is 53.6 Å². The first kappa shape index (κ1) is 19.3. The molecule has 0 radical (unpaired) electrons. The Morgan fingerprint density at radius 3 is 2.59 bits per heavy atom. The van der Waals surface area contributed by atoms with E-state index in [4.69, 9.17) is 9.47 Å². The Hall–Kier alpha value is -2.42. The SMILES string of the molecule is COCCOc1ccc(CNS(=O)(=O)c2ccc3c(c2)CCC(=O)N3)cc1. The number of sulfonamides is 1. The zero-order valence-electron chi connectivity index (χ0n) is 15.0. The molecule has 2 aromatic rings. The fourth-order valence-corrected chi connectivity index (χ4v) is 3.80. The summed E-state index contributed by atoms with van der Waals surface area (Å²) < 4.78 is 38.1. The average molecular weight is 390 g/mol.